The molecule has 11 aromatic rings. The molecule has 0 amide bonds. The fourth-order valence-electron chi connectivity index (χ4n) is 10.1. The van der Waals surface area contributed by atoms with Gasteiger partial charge in [-0.2, -0.15) is 0 Å². The molecule has 64 heavy (non-hydrogen) atoms. The van der Waals surface area contributed by atoms with Gasteiger partial charge in [0, 0.05) is 33.5 Å². The van der Waals surface area contributed by atoms with E-state index in [1.54, 1.807) is 0 Å². The van der Waals surface area contributed by atoms with Crippen LogP contribution in [0.15, 0.2) is 243 Å². The highest BCUT2D eigenvalue weighted by Crippen LogP contribution is 2.43. The van der Waals surface area contributed by atoms with E-state index in [2.05, 4.69) is 252 Å². The van der Waals surface area contributed by atoms with Crippen molar-refractivity contribution >= 4 is 38.9 Å². The lowest BCUT2D eigenvalue weighted by Gasteiger charge is -2.26. The first-order chi connectivity index (χ1) is 31.7. The second-order valence-corrected chi connectivity index (χ2v) is 16.9. The first kappa shape index (κ1) is 37.6. The first-order valence-electron chi connectivity index (χ1n) is 22.3. The van der Waals surface area contributed by atoms with E-state index in [4.69, 9.17) is 0 Å². The first-order valence-corrected chi connectivity index (χ1v) is 22.3. The maximum absolute atomic E-state index is 2.43. The minimum atomic E-state index is 0.841. The van der Waals surface area contributed by atoms with Gasteiger partial charge in [0.1, 0.15) is 0 Å². The third-order valence-electron chi connectivity index (χ3n) is 13.1. The largest absolute Gasteiger partial charge is 0.310 e. The van der Waals surface area contributed by atoms with Crippen LogP contribution in [0.4, 0.5) is 17.1 Å². The molecule has 0 atom stereocenters. The Hall–Kier alpha value is -8.20. The van der Waals surface area contributed by atoms with Crippen molar-refractivity contribution in [3.8, 4) is 50.2 Å². The van der Waals surface area contributed by atoms with Crippen molar-refractivity contribution in [1.82, 2.24) is 4.57 Å². The molecule has 0 bridgehead atoms. The van der Waals surface area contributed by atoms with E-state index in [0.717, 1.165) is 35.6 Å². The maximum atomic E-state index is 2.43. The van der Waals surface area contributed by atoms with Gasteiger partial charge in [-0.25, -0.2) is 0 Å². The van der Waals surface area contributed by atoms with Gasteiger partial charge in [-0.1, -0.05) is 188 Å². The molecule has 0 aliphatic heterocycles. The SMILES string of the molecule is c1ccc(-c2cccc(N(c3ccc(-c4ccc5c(c4)Cc4ccccc4-c4ccccc4Cc4ccccc4-5)cc3)c3ccc4c5ccccc5n(-c5ccccc5)c4c3)c2)cc1. The number of hydrogen-bond donors (Lipinski definition) is 0. The van der Waals surface area contributed by atoms with E-state index in [1.807, 2.05) is 0 Å². The fraction of sp³-hybridized carbons (Fsp3) is 0.0323. The monoisotopic (exact) mass is 816 g/mol. The van der Waals surface area contributed by atoms with Crippen LogP contribution < -0.4 is 4.90 Å². The van der Waals surface area contributed by atoms with Gasteiger partial charge in [-0.3, -0.25) is 0 Å². The molecule has 10 aromatic carbocycles. The van der Waals surface area contributed by atoms with E-state index in [-0.39, 0.29) is 0 Å². The van der Waals surface area contributed by atoms with Crippen LogP contribution >= 0.6 is 0 Å². The minimum Gasteiger partial charge on any atom is -0.310 e. The molecule has 0 spiro atoms. The van der Waals surface area contributed by atoms with Crippen LogP contribution in [-0.4, -0.2) is 4.57 Å². The van der Waals surface area contributed by atoms with Gasteiger partial charge in [-0.05, 0) is 134 Å². The van der Waals surface area contributed by atoms with Crippen LogP contribution in [0, 0.1) is 0 Å². The predicted octanol–water partition coefficient (Wildman–Crippen LogP) is 16.4. The van der Waals surface area contributed by atoms with E-state index < -0.39 is 0 Å². The number of fused-ring (bicyclic) bond motifs is 9. The number of benzene rings is 10. The summed E-state index contributed by atoms with van der Waals surface area (Å²) in [5, 5.41) is 2.48. The maximum Gasteiger partial charge on any atom is 0.0561 e. The molecule has 0 radical (unpaired) electrons. The van der Waals surface area contributed by atoms with Crippen LogP contribution in [0.3, 0.4) is 0 Å². The van der Waals surface area contributed by atoms with Gasteiger partial charge >= 0.3 is 0 Å². The van der Waals surface area contributed by atoms with E-state index in [9.17, 15) is 0 Å². The van der Waals surface area contributed by atoms with Gasteiger partial charge in [-0.15, -0.1) is 0 Å². The van der Waals surface area contributed by atoms with Gasteiger partial charge in [0.05, 0.1) is 11.0 Å². The van der Waals surface area contributed by atoms with Gasteiger partial charge < -0.3 is 9.47 Å². The molecule has 12 rings (SSSR count). The van der Waals surface area contributed by atoms with Gasteiger partial charge in [0.25, 0.3) is 0 Å². The minimum absolute atomic E-state index is 0.841. The molecule has 2 nitrogen and oxygen atoms in total. The fourth-order valence-corrected chi connectivity index (χ4v) is 10.1. The molecule has 1 aliphatic carbocycles. The summed E-state index contributed by atoms with van der Waals surface area (Å²) in [5.74, 6) is 0. The van der Waals surface area contributed by atoms with Crippen LogP contribution in [0.1, 0.15) is 22.3 Å². The van der Waals surface area contributed by atoms with Gasteiger partial charge in [0.15, 0.2) is 0 Å². The Morgan fingerprint density at radius 3 is 1.47 bits per heavy atom. The quantitative estimate of drug-likeness (QED) is 0.162. The molecule has 0 N–H and O–H groups in total. The Kier molecular flexibility index (Phi) is 9.34. The molecule has 0 saturated carbocycles. The Morgan fingerprint density at radius 1 is 0.281 bits per heavy atom. The van der Waals surface area contributed by atoms with Crippen LogP contribution in [0.2, 0.25) is 0 Å². The molecule has 302 valence electrons. The lowest BCUT2D eigenvalue weighted by atomic mass is 9.83. The smallest absolute Gasteiger partial charge is 0.0561 e. The highest BCUT2D eigenvalue weighted by atomic mass is 15.1. The van der Waals surface area contributed by atoms with Crippen molar-refractivity contribution in [3.05, 3.63) is 265 Å². The number of nitrogens with zero attached hydrogens (tertiary/aromatic N) is 2. The standard InChI is InChI=1S/C62H44N2/c1-3-16-43(17-4-1)45-21-15-24-53(41-45)63(54-35-37-60-59-28-13-14-29-61(59)64(62(60)42-54)51-22-5-2-6-23-51)52-33-30-44(31-34-52)46-32-36-58-50(38-46)40-49-20-9-11-26-56(49)55-25-10-7-18-47(55)39-48-19-8-12-27-57(48)58/h1-38,41-42H,39-40H2. The summed E-state index contributed by atoms with van der Waals surface area (Å²) in [5.41, 5.74) is 22.2. The Balaban J connectivity index is 0.987. The molecule has 0 saturated heterocycles. The van der Waals surface area contributed by atoms with Crippen molar-refractivity contribution in [3.63, 3.8) is 0 Å². The molecule has 1 aliphatic rings. The number of rotatable bonds is 6. The van der Waals surface area contributed by atoms with Crippen molar-refractivity contribution in [2.75, 3.05) is 4.90 Å². The summed E-state index contributed by atoms with van der Waals surface area (Å²) in [4.78, 5) is 2.40. The molecular weight excluding hydrogens is 773 g/mol. The Morgan fingerprint density at radius 2 is 0.766 bits per heavy atom. The normalized spacial score (nSPS) is 11.9. The summed E-state index contributed by atoms with van der Waals surface area (Å²) in [6.07, 6.45) is 1.73. The van der Waals surface area contributed by atoms with Crippen molar-refractivity contribution in [1.29, 1.82) is 0 Å². The van der Waals surface area contributed by atoms with E-state index >= 15 is 0 Å². The zero-order valence-electron chi connectivity index (χ0n) is 35.4. The van der Waals surface area contributed by atoms with E-state index in [1.165, 1.54) is 88.6 Å². The topological polar surface area (TPSA) is 8.17 Å². The molecular formula is C62H44N2. The second kappa shape index (κ2) is 15.9. The zero-order valence-corrected chi connectivity index (χ0v) is 35.4. The summed E-state index contributed by atoms with van der Waals surface area (Å²) in [6, 6.07) is 89.1. The molecule has 0 unspecified atom stereocenters. The highest BCUT2D eigenvalue weighted by Gasteiger charge is 2.21. The van der Waals surface area contributed by atoms with Crippen molar-refractivity contribution in [2.45, 2.75) is 12.8 Å². The second-order valence-electron chi connectivity index (χ2n) is 16.9. The highest BCUT2D eigenvalue weighted by molar-refractivity contribution is 6.10. The summed E-state index contributed by atoms with van der Waals surface area (Å²) >= 11 is 0. The average Bonchev–Trinajstić information content (AvgIpc) is 3.69. The van der Waals surface area contributed by atoms with Crippen LogP contribution in [-0.2, 0) is 12.8 Å². The summed E-state index contributed by atoms with van der Waals surface area (Å²) in [7, 11) is 0. The zero-order chi connectivity index (χ0) is 42.4. The molecule has 1 heterocycles. The molecule has 0 fully saturated rings. The van der Waals surface area contributed by atoms with Crippen molar-refractivity contribution in [2.24, 2.45) is 0 Å². The summed E-state index contributed by atoms with van der Waals surface area (Å²) < 4.78 is 2.40. The number of anilines is 3. The third-order valence-corrected chi connectivity index (χ3v) is 13.1. The number of para-hydroxylation sites is 2. The van der Waals surface area contributed by atoms with E-state index in [0.29, 0.717) is 0 Å². The predicted molar refractivity (Wildman–Crippen MR) is 269 cm³/mol. The van der Waals surface area contributed by atoms with Crippen LogP contribution in [0.5, 0.6) is 0 Å². The Labute approximate surface area is 374 Å². The van der Waals surface area contributed by atoms with Crippen molar-refractivity contribution < 1.29 is 0 Å². The average molecular weight is 817 g/mol. The summed E-state index contributed by atoms with van der Waals surface area (Å²) in [6.45, 7) is 0. The lowest BCUT2D eigenvalue weighted by Crippen LogP contribution is -2.10. The lowest BCUT2D eigenvalue weighted by molar-refractivity contribution is 1.15. The number of hydrogen-bond acceptors (Lipinski definition) is 1. The third kappa shape index (κ3) is 6.68. The number of aromatic nitrogens is 1. The molecule has 2 heteroatoms. The molecule has 1 aromatic heterocycles. The van der Waals surface area contributed by atoms with Crippen LogP contribution in [0.25, 0.3) is 72.0 Å². The van der Waals surface area contributed by atoms with Gasteiger partial charge in [0.2, 0.25) is 0 Å². The Bertz CT molecular complexity index is 3490.